The van der Waals surface area contributed by atoms with Crippen LogP contribution in [0.5, 0.6) is 5.75 Å². The highest BCUT2D eigenvalue weighted by molar-refractivity contribution is 6.32. The zero-order valence-electron chi connectivity index (χ0n) is 14.8. The summed E-state index contributed by atoms with van der Waals surface area (Å²) in [6, 6.07) is 6.61. The lowest BCUT2D eigenvalue weighted by Crippen LogP contribution is -2.32. The number of rotatable bonds is 4. The number of aryl methyl sites for hydroxylation is 1. The topological polar surface area (TPSA) is 72.9 Å². The summed E-state index contributed by atoms with van der Waals surface area (Å²) in [6.45, 7) is 3.03. The molecule has 6 nitrogen and oxygen atoms in total. The largest absolute Gasteiger partial charge is 0.476 e. The SMILES string of the molecule is Cc1cc2oc(-c3ccco3)c(OCC(=O)N3CCCC3)c(=O)c2cc1Cl. The molecule has 1 aromatic carbocycles. The highest BCUT2D eigenvalue weighted by atomic mass is 35.5. The number of fused-ring (bicyclic) bond motifs is 1. The van der Waals surface area contributed by atoms with Crippen LogP contribution in [0.3, 0.4) is 0 Å². The van der Waals surface area contributed by atoms with E-state index >= 15 is 0 Å². The van der Waals surface area contributed by atoms with E-state index in [2.05, 4.69) is 0 Å². The average molecular weight is 388 g/mol. The monoisotopic (exact) mass is 387 g/mol. The number of hydrogen-bond donors (Lipinski definition) is 0. The fraction of sp³-hybridized carbons (Fsp3) is 0.300. The smallest absolute Gasteiger partial charge is 0.260 e. The summed E-state index contributed by atoms with van der Waals surface area (Å²) in [7, 11) is 0. The van der Waals surface area contributed by atoms with Crippen molar-refractivity contribution < 1.29 is 18.4 Å². The van der Waals surface area contributed by atoms with Gasteiger partial charge in [-0.2, -0.15) is 0 Å². The minimum atomic E-state index is -0.390. The van der Waals surface area contributed by atoms with Crippen molar-refractivity contribution in [1.29, 1.82) is 0 Å². The van der Waals surface area contributed by atoms with Gasteiger partial charge in [0, 0.05) is 18.1 Å². The molecule has 0 N–H and O–H groups in total. The first-order valence-electron chi connectivity index (χ1n) is 8.76. The molecule has 1 amide bonds. The van der Waals surface area contributed by atoms with Gasteiger partial charge in [-0.25, -0.2) is 0 Å². The van der Waals surface area contributed by atoms with E-state index in [1.165, 1.54) is 6.26 Å². The van der Waals surface area contributed by atoms with Crippen molar-refractivity contribution in [2.75, 3.05) is 19.7 Å². The van der Waals surface area contributed by atoms with Gasteiger partial charge in [-0.05, 0) is 49.6 Å². The molecule has 0 unspecified atom stereocenters. The highest BCUT2D eigenvalue weighted by Crippen LogP contribution is 2.33. The van der Waals surface area contributed by atoms with Crippen LogP contribution in [0.4, 0.5) is 0 Å². The molecule has 0 radical (unpaired) electrons. The maximum atomic E-state index is 13.0. The van der Waals surface area contributed by atoms with Crippen molar-refractivity contribution in [1.82, 2.24) is 4.90 Å². The van der Waals surface area contributed by atoms with Crippen molar-refractivity contribution in [3.8, 4) is 17.3 Å². The molecule has 1 aliphatic heterocycles. The Hall–Kier alpha value is -2.73. The summed E-state index contributed by atoms with van der Waals surface area (Å²) in [6.07, 6.45) is 3.45. The number of ether oxygens (including phenoxy) is 1. The van der Waals surface area contributed by atoms with Gasteiger partial charge in [0.25, 0.3) is 5.91 Å². The first-order valence-corrected chi connectivity index (χ1v) is 9.14. The summed E-state index contributed by atoms with van der Waals surface area (Å²) in [5.74, 6) is 0.308. The minimum Gasteiger partial charge on any atom is -0.476 e. The van der Waals surface area contributed by atoms with Crippen molar-refractivity contribution in [2.45, 2.75) is 19.8 Å². The fourth-order valence-electron chi connectivity index (χ4n) is 3.19. The molecule has 0 spiro atoms. The number of benzene rings is 1. The predicted octanol–water partition coefficient (Wildman–Crippen LogP) is 4.02. The van der Waals surface area contributed by atoms with Gasteiger partial charge >= 0.3 is 0 Å². The first kappa shape index (κ1) is 17.7. The number of likely N-dealkylation sites (tertiary alicyclic amines) is 1. The molecule has 3 aromatic rings. The molecule has 1 saturated heterocycles. The normalized spacial score (nSPS) is 14.1. The quantitative estimate of drug-likeness (QED) is 0.676. The van der Waals surface area contributed by atoms with E-state index < -0.39 is 5.43 Å². The van der Waals surface area contributed by atoms with E-state index in [1.807, 2.05) is 6.92 Å². The van der Waals surface area contributed by atoms with E-state index in [-0.39, 0.29) is 24.0 Å². The molecule has 0 bridgehead atoms. The van der Waals surface area contributed by atoms with Crippen LogP contribution < -0.4 is 10.2 Å². The van der Waals surface area contributed by atoms with Gasteiger partial charge in [0.1, 0.15) is 5.58 Å². The molecule has 1 fully saturated rings. The van der Waals surface area contributed by atoms with Crippen LogP contribution in [-0.2, 0) is 4.79 Å². The van der Waals surface area contributed by atoms with Gasteiger partial charge in [-0.15, -0.1) is 0 Å². The average Bonchev–Trinajstić information content (AvgIpc) is 3.36. The van der Waals surface area contributed by atoms with Gasteiger partial charge in [-0.1, -0.05) is 11.6 Å². The standard InChI is InChI=1S/C20H18ClNO5/c1-12-9-16-13(10-14(12)21)18(24)20(19(27-16)15-5-4-8-25-15)26-11-17(23)22-6-2-3-7-22/h4-5,8-10H,2-3,6-7,11H2,1H3. The number of carbonyl (C=O) groups excluding carboxylic acids is 1. The van der Waals surface area contributed by atoms with Crippen molar-refractivity contribution in [3.63, 3.8) is 0 Å². The lowest BCUT2D eigenvalue weighted by Gasteiger charge is -2.16. The second-order valence-corrected chi connectivity index (χ2v) is 6.95. The summed E-state index contributed by atoms with van der Waals surface area (Å²) in [5, 5.41) is 0.754. The van der Waals surface area contributed by atoms with Crippen molar-refractivity contribution in [2.24, 2.45) is 0 Å². The number of halogens is 1. The van der Waals surface area contributed by atoms with E-state index in [0.29, 0.717) is 34.8 Å². The molecular weight excluding hydrogens is 370 g/mol. The third-order valence-electron chi connectivity index (χ3n) is 4.67. The summed E-state index contributed by atoms with van der Waals surface area (Å²) >= 11 is 6.16. The third kappa shape index (κ3) is 3.32. The van der Waals surface area contributed by atoms with Crippen LogP contribution >= 0.6 is 11.6 Å². The van der Waals surface area contributed by atoms with Crippen LogP contribution in [0.2, 0.25) is 5.02 Å². The lowest BCUT2D eigenvalue weighted by molar-refractivity contribution is -0.132. The Morgan fingerprint density at radius 3 is 2.78 bits per heavy atom. The van der Waals surface area contributed by atoms with Gasteiger partial charge in [0.15, 0.2) is 12.4 Å². The predicted molar refractivity (Wildman–Crippen MR) is 101 cm³/mol. The van der Waals surface area contributed by atoms with Gasteiger partial charge in [-0.3, -0.25) is 9.59 Å². The molecule has 3 heterocycles. The minimum absolute atomic E-state index is 0.0510. The maximum Gasteiger partial charge on any atom is 0.260 e. The van der Waals surface area contributed by atoms with E-state index in [1.54, 1.807) is 29.2 Å². The maximum absolute atomic E-state index is 13.0. The third-order valence-corrected chi connectivity index (χ3v) is 5.08. The van der Waals surface area contributed by atoms with Crippen molar-refractivity contribution >= 4 is 28.5 Å². The number of nitrogens with zero attached hydrogens (tertiary/aromatic N) is 1. The number of furan rings is 1. The lowest BCUT2D eigenvalue weighted by atomic mass is 10.1. The second kappa shape index (κ2) is 7.12. The van der Waals surface area contributed by atoms with Gasteiger partial charge < -0.3 is 18.5 Å². The second-order valence-electron chi connectivity index (χ2n) is 6.54. The summed E-state index contributed by atoms with van der Waals surface area (Å²) < 4.78 is 16.9. The molecule has 0 aliphatic carbocycles. The van der Waals surface area contributed by atoms with Crippen LogP contribution in [0.1, 0.15) is 18.4 Å². The van der Waals surface area contributed by atoms with Crippen LogP contribution in [-0.4, -0.2) is 30.5 Å². The zero-order chi connectivity index (χ0) is 19.0. The molecule has 27 heavy (non-hydrogen) atoms. The Balaban J connectivity index is 1.78. The Kier molecular flexibility index (Phi) is 4.66. The van der Waals surface area contributed by atoms with Gasteiger partial charge in [0.2, 0.25) is 16.9 Å². The fourth-order valence-corrected chi connectivity index (χ4v) is 3.36. The van der Waals surface area contributed by atoms with Crippen molar-refractivity contribution in [3.05, 3.63) is 51.3 Å². The number of hydrogen-bond acceptors (Lipinski definition) is 5. The molecule has 0 atom stereocenters. The Morgan fingerprint density at radius 2 is 2.07 bits per heavy atom. The Bertz CT molecular complexity index is 1050. The van der Waals surface area contributed by atoms with Gasteiger partial charge in [0.05, 0.1) is 11.6 Å². The first-order chi connectivity index (χ1) is 13.0. The molecule has 4 rings (SSSR count). The summed E-state index contributed by atoms with van der Waals surface area (Å²) in [5.41, 5.74) is 0.779. The molecule has 7 heteroatoms. The van der Waals surface area contributed by atoms with Crippen LogP contribution in [0, 0.1) is 6.92 Å². The zero-order valence-corrected chi connectivity index (χ0v) is 15.5. The van der Waals surface area contributed by atoms with E-state index in [9.17, 15) is 9.59 Å². The highest BCUT2D eigenvalue weighted by Gasteiger charge is 2.23. The molecule has 140 valence electrons. The van der Waals surface area contributed by atoms with Crippen LogP contribution in [0.25, 0.3) is 22.5 Å². The Morgan fingerprint density at radius 1 is 1.30 bits per heavy atom. The van der Waals surface area contributed by atoms with E-state index in [4.69, 9.17) is 25.2 Å². The molecule has 2 aromatic heterocycles. The number of carbonyl (C=O) groups is 1. The molecular formula is C20H18ClNO5. The summed E-state index contributed by atoms with van der Waals surface area (Å²) in [4.78, 5) is 27.1. The van der Waals surface area contributed by atoms with Crippen LogP contribution in [0.15, 0.2) is 44.2 Å². The molecule has 1 aliphatic rings. The Labute approximate surface area is 160 Å². The number of amides is 1. The van der Waals surface area contributed by atoms with E-state index in [0.717, 1.165) is 18.4 Å². The molecule has 0 saturated carbocycles.